The van der Waals surface area contributed by atoms with Crippen LogP contribution in [0.25, 0.3) is 0 Å². The lowest BCUT2D eigenvalue weighted by molar-refractivity contribution is -0.180. The van der Waals surface area contributed by atoms with E-state index in [4.69, 9.17) is 0 Å². The highest BCUT2D eigenvalue weighted by Gasteiger charge is 2.51. The van der Waals surface area contributed by atoms with Gasteiger partial charge >= 0.3 is 12.3 Å². The molecule has 1 saturated heterocycles. The van der Waals surface area contributed by atoms with Crippen LogP contribution in [-0.4, -0.2) is 36.2 Å². The second-order valence-electron chi connectivity index (χ2n) is 4.25. The molecule has 1 fully saturated rings. The van der Waals surface area contributed by atoms with Gasteiger partial charge in [-0.05, 0) is 25.2 Å². The van der Waals surface area contributed by atoms with E-state index in [1.54, 1.807) is 0 Å². The Hall–Kier alpha value is -0.810. The van der Waals surface area contributed by atoms with E-state index < -0.39 is 18.3 Å². The predicted octanol–water partition coefficient (Wildman–Crippen LogP) is 2.54. The van der Waals surface area contributed by atoms with Crippen LogP contribution in [0.4, 0.5) is 17.6 Å². The minimum absolute atomic E-state index is 0.141. The minimum atomic E-state index is -4.55. The van der Waals surface area contributed by atoms with Gasteiger partial charge in [-0.25, -0.2) is 8.78 Å². The summed E-state index contributed by atoms with van der Waals surface area (Å²) in [6.45, 7) is 2.24. The van der Waals surface area contributed by atoms with Crippen molar-refractivity contribution in [1.82, 2.24) is 4.90 Å². The summed E-state index contributed by atoms with van der Waals surface area (Å²) >= 11 is 0. The van der Waals surface area contributed by atoms with Crippen molar-refractivity contribution in [3.63, 3.8) is 0 Å². The number of rotatable bonds is 2. The zero-order valence-corrected chi connectivity index (χ0v) is 9.06. The molecule has 0 spiro atoms. The third-order valence-electron chi connectivity index (χ3n) is 2.86. The van der Waals surface area contributed by atoms with Crippen molar-refractivity contribution in [3.8, 4) is 0 Å². The topological polar surface area (TPSA) is 20.3 Å². The smallest absolute Gasteiger partial charge is 0.337 e. The maximum Gasteiger partial charge on any atom is 0.383 e. The number of halogens is 4. The Labute approximate surface area is 91.6 Å². The van der Waals surface area contributed by atoms with E-state index in [2.05, 4.69) is 0 Å². The molecule has 0 aromatic carbocycles. The third-order valence-corrected chi connectivity index (χ3v) is 2.86. The van der Waals surface area contributed by atoms with E-state index >= 15 is 0 Å². The van der Waals surface area contributed by atoms with Gasteiger partial charge in [0.1, 0.15) is 0 Å². The van der Waals surface area contributed by atoms with Crippen molar-refractivity contribution in [2.45, 2.75) is 38.5 Å². The number of carbonyl (C=O) groups excluding carboxylic acids is 1. The normalized spacial score (nSPS) is 23.4. The van der Waals surface area contributed by atoms with Crippen LogP contribution in [0, 0.1) is 5.92 Å². The summed E-state index contributed by atoms with van der Waals surface area (Å²) in [5.74, 6) is -5.94. The van der Waals surface area contributed by atoms with E-state index in [0.29, 0.717) is 18.8 Å². The molecule has 16 heavy (non-hydrogen) atoms. The molecule has 2 nitrogen and oxygen atoms in total. The van der Waals surface area contributed by atoms with Crippen molar-refractivity contribution in [3.05, 3.63) is 0 Å². The summed E-state index contributed by atoms with van der Waals surface area (Å²) in [7, 11) is 0. The van der Waals surface area contributed by atoms with E-state index in [0.717, 1.165) is 11.3 Å². The van der Waals surface area contributed by atoms with Gasteiger partial charge < -0.3 is 4.90 Å². The predicted molar refractivity (Wildman–Crippen MR) is 50.5 cm³/mol. The van der Waals surface area contributed by atoms with Crippen molar-refractivity contribution in [1.29, 1.82) is 0 Å². The lowest BCUT2D eigenvalue weighted by atomic mass is 10.0. The van der Waals surface area contributed by atoms with Crippen molar-refractivity contribution < 1.29 is 22.4 Å². The molecule has 0 N–H and O–H groups in total. The van der Waals surface area contributed by atoms with Gasteiger partial charge in [0.15, 0.2) is 0 Å². The standard InChI is InChI=1S/C10H15F4NO/c1-7-3-2-5-15(6-4-7)9(16)10(13,14)8(11)12/h7-8H,2-6H2,1H3. The van der Waals surface area contributed by atoms with Crippen LogP contribution in [0.5, 0.6) is 0 Å². The van der Waals surface area contributed by atoms with Crippen LogP contribution >= 0.6 is 0 Å². The molecule has 0 aliphatic carbocycles. The lowest BCUT2D eigenvalue weighted by Crippen LogP contribution is -2.48. The van der Waals surface area contributed by atoms with Gasteiger partial charge in [-0.2, -0.15) is 8.78 Å². The van der Waals surface area contributed by atoms with Gasteiger partial charge in [-0.3, -0.25) is 4.79 Å². The monoisotopic (exact) mass is 241 g/mol. The van der Waals surface area contributed by atoms with Crippen molar-refractivity contribution in [2.24, 2.45) is 5.92 Å². The van der Waals surface area contributed by atoms with Crippen LogP contribution in [-0.2, 0) is 4.79 Å². The largest absolute Gasteiger partial charge is 0.383 e. The molecule has 1 aliphatic rings. The molecule has 0 saturated carbocycles. The molecule has 6 heteroatoms. The molecule has 0 bridgehead atoms. The molecule has 0 radical (unpaired) electrons. The molecule has 1 amide bonds. The summed E-state index contributed by atoms with van der Waals surface area (Å²) in [5.41, 5.74) is 0. The number of nitrogens with zero attached hydrogens (tertiary/aromatic N) is 1. The minimum Gasteiger partial charge on any atom is -0.337 e. The first kappa shape index (κ1) is 13.3. The highest BCUT2D eigenvalue weighted by atomic mass is 19.3. The average Bonchev–Trinajstić information content (AvgIpc) is 2.41. The number of alkyl halides is 4. The first-order chi connectivity index (χ1) is 7.35. The highest BCUT2D eigenvalue weighted by molar-refractivity contribution is 5.84. The van der Waals surface area contributed by atoms with Gasteiger partial charge in [0, 0.05) is 13.1 Å². The SMILES string of the molecule is CC1CCCN(C(=O)C(F)(F)C(F)F)CC1. The summed E-state index contributed by atoms with van der Waals surface area (Å²) in [6, 6.07) is 0. The maximum absolute atomic E-state index is 12.8. The number of hydrogen-bond acceptors (Lipinski definition) is 1. The Morgan fingerprint density at radius 3 is 2.50 bits per heavy atom. The van der Waals surface area contributed by atoms with E-state index in [9.17, 15) is 22.4 Å². The Morgan fingerprint density at radius 1 is 1.31 bits per heavy atom. The zero-order chi connectivity index (χ0) is 12.3. The second-order valence-corrected chi connectivity index (χ2v) is 4.25. The Kier molecular flexibility index (Phi) is 4.15. The number of hydrogen-bond donors (Lipinski definition) is 0. The second kappa shape index (κ2) is 5.01. The molecule has 94 valence electrons. The molecular formula is C10H15F4NO. The van der Waals surface area contributed by atoms with Crippen LogP contribution < -0.4 is 0 Å². The maximum atomic E-state index is 12.8. The molecule has 1 aliphatic heterocycles. The molecular weight excluding hydrogens is 226 g/mol. The quantitative estimate of drug-likeness (QED) is 0.680. The summed E-state index contributed by atoms with van der Waals surface area (Å²) in [4.78, 5) is 12.1. The Balaban J connectivity index is 2.66. The van der Waals surface area contributed by atoms with Gasteiger partial charge in [-0.1, -0.05) is 6.92 Å². The van der Waals surface area contributed by atoms with E-state index in [1.165, 1.54) is 0 Å². The van der Waals surface area contributed by atoms with Gasteiger partial charge in [0.05, 0.1) is 0 Å². The first-order valence-corrected chi connectivity index (χ1v) is 5.31. The Morgan fingerprint density at radius 2 is 1.94 bits per heavy atom. The van der Waals surface area contributed by atoms with Crippen LogP contribution in [0.15, 0.2) is 0 Å². The van der Waals surface area contributed by atoms with Crippen LogP contribution in [0.1, 0.15) is 26.2 Å². The van der Waals surface area contributed by atoms with Gasteiger partial charge in [0.25, 0.3) is 5.91 Å². The Bertz CT molecular complexity index is 257. The summed E-state index contributed by atoms with van der Waals surface area (Å²) in [5, 5.41) is 0. The number of carbonyl (C=O) groups is 1. The fourth-order valence-electron chi connectivity index (χ4n) is 1.77. The van der Waals surface area contributed by atoms with Crippen molar-refractivity contribution >= 4 is 5.91 Å². The van der Waals surface area contributed by atoms with Gasteiger partial charge in [-0.15, -0.1) is 0 Å². The van der Waals surface area contributed by atoms with E-state index in [1.807, 2.05) is 6.92 Å². The number of amides is 1. The molecule has 1 unspecified atom stereocenters. The first-order valence-electron chi connectivity index (χ1n) is 5.31. The molecule has 1 atom stereocenters. The number of likely N-dealkylation sites (tertiary alicyclic amines) is 1. The zero-order valence-electron chi connectivity index (χ0n) is 9.06. The van der Waals surface area contributed by atoms with Gasteiger partial charge in [0.2, 0.25) is 0 Å². The molecule has 0 aromatic rings. The average molecular weight is 241 g/mol. The summed E-state index contributed by atoms with van der Waals surface area (Å²) in [6.07, 6.45) is -1.91. The third kappa shape index (κ3) is 2.86. The van der Waals surface area contributed by atoms with Crippen LogP contribution in [0.2, 0.25) is 0 Å². The van der Waals surface area contributed by atoms with E-state index in [-0.39, 0.29) is 13.1 Å². The highest BCUT2D eigenvalue weighted by Crippen LogP contribution is 2.27. The van der Waals surface area contributed by atoms with Crippen molar-refractivity contribution in [2.75, 3.05) is 13.1 Å². The lowest BCUT2D eigenvalue weighted by Gasteiger charge is -2.25. The molecule has 1 rings (SSSR count). The molecule has 1 heterocycles. The molecule has 0 aromatic heterocycles. The summed E-state index contributed by atoms with van der Waals surface area (Å²) < 4.78 is 49.6. The van der Waals surface area contributed by atoms with Crippen LogP contribution in [0.3, 0.4) is 0 Å². The fraction of sp³-hybridized carbons (Fsp3) is 0.900. The fourth-order valence-corrected chi connectivity index (χ4v) is 1.77.